The zero-order valence-electron chi connectivity index (χ0n) is 23.5. The molecule has 2 heterocycles. The SMILES string of the molecule is COc1cc(/C=c2/sc3n(c2=O)[C@H](c2ccc(F)cc2)C2=C(N=3)c3ccccc3CC2)cc(Br)c1OCc1ccccc1Cl. The van der Waals surface area contributed by atoms with Crippen molar-refractivity contribution in [3.05, 3.63) is 153 Å². The van der Waals surface area contributed by atoms with Crippen molar-refractivity contribution in [3.63, 3.8) is 0 Å². The standard InChI is InChI=1S/C35H25BrClFN2O3S/c1-42-29-17-20(16-27(36)33(29)43-19-23-7-3-5-9-28(23)37)18-30-34(41)40-32(22-10-13-24(38)14-11-22)26-15-12-21-6-2-4-8-25(21)31(26)39-35(40)44-30/h2-11,13-14,16-18,32H,12,15,19H2,1H3/b30-18+/t32-/m1/s1. The maximum Gasteiger partial charge on any atom is 0.271 e. The van der Waals surface area contributed by atoms with E-state index in [-0.39, 0.29) is 24.0 Å². The summed E-state index contributed by atoms with van der Waals surface area (Å²) >= 11 is 11.3. The number of methoxy groups -OCH3 is 1. The number of hydrogen-bond acceptors (Lipinski definition) is 5. The average Bonchev–Trinajstić information content (AvgIpc) is 3.34. The molecule has 9 heteroatoms. The van der Waals surface area contributed by atoms with Gasteiger partial charge in [0.15, 0.2) is 16.3 Å². The first-order valence-electron chi connectivity index (χ1n) is 14.0. The average molecular weight is 688 g/mol. The van der Waals surface area contributed by atoms with E-state index in [2.05, 4.69) is 28.1 Å². The van der Waals surface area contributed by atoms with Crippen molar-refractivity contribution < 1.29 is 13.9 Å². The van der Waals surface area contributed by atoms with Crippen LogP contribution in [0.25, 0.3) is 11.8 Å². The van der Waals surface area contributed by atoms with E-state index in [9.17, 15) is 9.18 Å². The lowest BCUT2D eigenvalue weighted by atomic mass is 9.83. The molecule has 0 unspecified atom stereocenters. The van der Waals surface area contributed by atoms with Gasteiger partial charge in [-0.25, -0.2) is 9.38 Å². The predicted molar refractivity (Wildman–Crippen MR) is 176 cm³/mol. The first-order valence-corrected chi connectivity index (χ1v) is 16.0. The first kappa shape index (κ1) is 28.8. The Morgan fingerprint density at radius 3 is 2.64 bits per heavy atom. The van der Waals surface area contributed by atoms with Crippen LogP contribution < -0.4 is 24.4 Å². The number of thiazole rings is 1. The second-order valence-electron chi connectivity index (χ2n) is 10.6. The maximum absolute atomic E-state index is 14.1. The second kappa shape index (κ2) is 11.8. The fourth-order valence-electron chi connectivity index (χ4n) is 5.85. The van der Waals surface area contributed by atoms with Gasteiger partial charge in [-0.3, -0.25) is 9.36 Å². The van der Waals surface area contributed by atoms with Crippen molar-refractivity contribution in [2.24, 2.45) is 4.99 Å². The summed E-state index contributed by atoms with van der Waals surface area (Å²) < 4.78 is 28.7. The number of benzene rings is 4. The van der Waals surface area contributed by atoms with Crippen molar-refractivity contribution in [2.45, 2.75) is 25.5 Å². The van der Waals surface area contributed by atoms with Crippen LogP contribution in [0.4, 0.5) is 4.39 Å². The van der Waals surface area contributed by atoms with E-state index in [1.165, 1.54) is 29.0 Å². The molecule has 0 saturated carbocycles. The third-order valence-electron chi connectivity index (χ3n) is 7.94. The van der Waals surface area contributed by atoms with Crippen molar-refractivity contribution in [3.8, 4) is 11.5 Å². The Hall–Kier alpha value is -3.98. The largest absolute Gasteiger partial charge is 0.493 e. The van der Waals surface area contributed by atoms with Crippen LogP contribution in [0.1, 0.15) is 40.3 Å². The van der Waals surface area contributed by atoms with Crippen molar-refractivity contribution in [2.75, 3.05) is 7.11 Å². The number of halogens is 3. The maximum atomic E-state index is 14.1. The Balaban J connectivity index is 1.33. The third kappa shape index (κ3) is 5.21. The van der Waals surface area contributed by atoms with E-state index in [0.29, 0.717) is 30.3 Å². The van der Waals surface area contributed by atoms with Gasteiger partial charge in [-0.05, 0) is 87.4 Å². The van der Waals surface area contributed by atoms with Gasteiger partial charge in [-0.2, -0.15) is 0 Å². The normalized spacial score (nSPS) is 15.7. The summed E-state index contributed by atoms with van der Waals surface area (Å²) in [5.41, 5.74) is 6.61. The Morgan fingerprint density at radius 2 is 1.84 bits per heavy atom. The lowest BCUT2D eigenvalue weighted by Crippen LogP contribution is -2.38. The summed E-state index contributed by atoms with van der Waals surface area (Å²) in [4.78, 5) is 19.8. The zero-order valence-corrected chi connectivity index (χ0v) is 26.7. The third-order valence-corrected chi connectivity index (χ3v) is 9.88. The van der Waals surface area contributed by atoms with Crippen molar-refractivity contribution in [1.82, 2.24) is 4.57 Å². The Bertz CT molecular complexity index is 2140. The summed E-state index contributed by atoms with van der Waals surface area (Å²) in [7, 11) is 1.58. The number of hydrogen-bond donors (Lipinski definition) is 0. The lowest BCUT2D eigenvalue weighted by molar-refractivity contribution is 0.282. The van der Waals surface area contributed by atoms with E-state index < -0.39 is 0 Å². The van der Waals surface area contributed by atoms with E-state index in [1.807, 2.05) is 54.6 Å². The van der Waals surface area contributed by atoms with Gasteiger partial charge >= 0.3 is 0 Å². The van der Waals surface area contributed by atoms with Gasteiger partial charge in [-0.1, -0.05) is 77.5 Å². The zero-order chi connectivity index (χ0) is 30.4. The molecule has 0 bridgehead atoms. The van der Waals surface area contributed by atoms with E-state index >= 15 is 0 Å². The van der Waals surface area contributed by atoms with Crippen LogP contribution in [0.2, 0.25) is 5.02 Å². The molecule has 0 N–H and O–H groups in total. The van der Waals surface area contributed by atoms with E-state index in [0.717, 1.165) is 46.4 Å². The molecule has 0 amide bonds. The molecule has 0 spiro atoms. The van der Waals surface area contributed by atoms with Gasteiger partial charge in [0.1, 0.15) is 12.4 Å². The predicted octanol–water partition coefficient (Wildman–Crippen LogP) is 7.46. The molecule has 44 heavy (non-hydrogen) atoms. The number of allylic oxidation sites excluding steroid dienone is 1. The summed E-state index contributed by atoms with van der Waals surface area (Å²) in [6.07, 6.45) is 3.46. The number of fused-ring (bicyclic) bond motifs is 3. The minimum Gasteiger partial charge on any atom is -0.493 e. The van der Waals surface area contributed by atoms with Gasteiger partial charge < -0.3 is 9.47 Å². The van der Waals surface area contributed by atoms with Gasteiger partial charge in [0.25, 0.3) is 5.56 Å². The van der Waals surface area contributed by atoms with Gasteiger partial charge in [-0.15, -0.1) is 0 Å². The van der Waals surface area contributed by atoms with Crippen LogP contribution in [0, 0.1) is 5.82 Å². The van der Waals surface area contributed by atoms with Crippen LogP contribution in [0.15, 0.2) is 105 Å². The fourth-order valence-corrected chi connectivity index (χ4v) is 7.61. The molecule has 1 aliphatic heterocycles. The molecule has 1 aliphatic carbocycles. The monoisotopic (exact) mass is 686 g/mol. The molecular weight excluding hydrogens is 663 g/mol. The van der Waals surface area contributed by atoms with E-state index in [4.69, 9.17) is 26.1 Å². The topological polar surface area (TPSA) is 52.8 Å². The van der Waals surface area contributed by atoms with Crippen molar-refractivity contribution in [1.29, 1.82) is 0 Å². The highest BCUT2D eigenvalue weighted by Gasteiger charge is 2.32. The highest BCUT2D eigenvalue weighted by molar-refractivity contribution is 9.10. The summed E-state index contributed by atoms with van der Waals surface area (Å²) in [6, 6.07) is 25.5. The van der Waals surface area contributed by atoms with Crippen molar-refractivity contribution >= 4 is 50.6 Å². The van der Waals surface area contributed by atoms with Crippen LogP contribution >= 0.6 is 38.9 Å². The first-order chi connectivity index (χ1) is 21.4. The fraction of sp³-hybridized carbons (Fsp3) is 0.143. The Labute approximate surface area is 270 Å². The van der Waals surface area contributed by atoms with Crippen LogP contribution in [-0.4, -0.2) is 11.7 Å². The number of nitrogens with zero attached hydrogens (tertiary/aromatic N) is 2. The van der Waals surface area contributed by atoms with Crippen LogP contribution in [-0.2, 0) is 13.0 Å². The lowest BCUT2D eigenvalue weighted by Gasteiger charge is -2.30. The molecule has 0 saturated heterocycles. The molecule has 0 radical (unpaired) electrons. The molecular formula is C35H25BrClFN2O3S. The number of aromatic nitrogens is 1. The minimum atomic E-state index is -0.376. The van der Waals surface area contributed by atoms with Crippen LogP contribution in [0.3, 0.4) is 0 Å². The highest BCUT2D eigenvalue weighted by Crippen LogP contribution is 2.41. The van der Waals surface area contributed by atoms with Crippen LogP contribution in [0.5, 0.6) is 11.5 Å². The van der Waals surface area contributed by atoms with E-state index in [1.54, 1.807) is 23.8 Å². The molecule has 0 fully saturated rings. The molecule has 220 valence electrons. The van der Waals surface area contributed by atoms with Gasteiger partial charge in [0.05, 0.1) is 27.9 Å². The molecule has 1 atom stereocenters. The molecule has 1 aromatic heterocycles. The van der Waals surface area contributed by atoms with Gasteiger partial charge in [0.2, 0.25) is 0 Å². The minimum absolute atomic E-state index is 0.150. The molecule has 5 aromatic rings. The molecule has 5 nitrogen and oxygen atoms in total. The molecule has 4 aromatic carbocycles. The summed E-state index contributed by atoms with van der Waals surface area (Å²) in [5.74, 6) is 0.735. The summed E-state index contributed by atoms with van der Waals surface area (Å²) in [5, 5.41) is 0.624. The highest BCUT2D eigenvalue weighted by atomic mass is 79.9. The van der Waals surface area contributed by atoms with Gasteiger partial charge in [0, 0.05) is 16.1 Å². The number of rotatable bonds is 6. The second-order valence-corrected chi connectivity index (χ2v) is 12.9. The Morgan fingerprint density at radius 1 is 1.07 bits per heavy atom. The summed E-state index contributed by atoms with van der Waals surface area (Å²) in [6.45, 7) is 0.268. The number of ether oxygens (including phenoxy) is 2. The molecule has 7 rings (SSSR count). The number of aryl methyl sites for hydroxylation is 1. The quantitative estimate of drug-likeness (QED) is 0.186. The molecule has 2 aliphatic rings. The smallest absolute Gasteiger partial charge is 0.271 e. The Kier molecular flexibility index (Phi) is 7.74.